The van der Waals surface area contributed by atoms with Gasteiger partial charge in [0.2, 0.25) is 0 Å². The number of carbonyl (C=O) groups is 1. The van der Waals surface area contributed by atoms with Crippen LogP contribution in [-0.4, -0.2) is 18.2 Å². The van der Waals surface area contributed by atoms with Gasteiger partial charge in [-0.05, 0) is 23.8 Å². The number of nitrogens with zero attached hydrogens (tertiary/aromatic N) is 1. The van der Waals surface area contributed by atoms with Gasteiger partial charge in [0.05, 0.1) is 13.2 Å². The maximum absolute atomic E-state index is 11.1. The molecule has 0 aliphatic carbocycles. The van der Waals surface area contributed by atoms with Gasteiger partial charge in [-0.15, -0.1) is 0 Å². The highest BCUT2D eigenvalue weighted by Gasteiger charge is 2.10. The van der Waals surface area contributed by atoms with Crippen LogP contribution >= 0.6 is 0 Å². The van der Waals surface area contributed by atoms with Gasteiger partial charge < -0.3 is 9.84 Å². The van der Waals surface area contributed by atoms with E-state index in [1.54, 1.807) is 6.07 Å². The molecular formula is C11H9NO3. The lowest BCUT2D eigenvalue weighted by atomic mass is 10.1. The normalized spacial score (nSPS) is 9.87. The van der Waals surface area contributed by atoms with Crippen molar-refractivity contribution in [1.29, 1.82) is 5.26 Å². The second kappa shape index (κ2) is 4.82. The molecule has 15 heavy (non-hydrogen) atoms. The highest BCUT2D eigenvalue weighted by Crippen LogP contribution is 2.20. The number of esters is 1. The molecule has 0 amide bonds. The summed E-state index contributed by atoms with van der Waals surface area (Å²) in [7, 11) is 1.24. The number of ether oxygens (including phenoxy) is 1. The number of benzene rings is 1. The van der Waals surface area contributed by atoms with Crippen molar-refractivity contribution in [2.24, 2.45) is 0 Å². The molecule has 0 fully saturated rings. The van der Waals surface area contributed by atoms with Crippen molar-refractivity contribution in [2.45, 2.75) is 0 Å². The van der Waals surface area contributed by atoms with Crippen molar-refractivity contribution in [3.05, 3.63) is 35.4 Å². The number of aromatic hydroxyl groups is 1. The van der Waals surface area contributed by atoms with E-state index in [-0.39, 0.29) is 11.3 Å². The van der Waals surface area contributed by atoms with Crippen LogP contribution in [0.15, 0.2) is 24.3 Å². The molecule has 0 aliphatic rings. The molecule has 0 unspecified atom stereocenters. The molecule has 76 valence electrons. The van der Waals surface area contributed by atoms with Gasteiger partial charge in [0, 0.05) is 6.08 Å². The Labute approximate surface area is 87.0 Å². The Morgan fingerprint density at radius 1 is 1.60 bits per heavy atom. The predicted octanol–water partition coefficient (Wildman–Crippen LogP) is 1.72. The summed E-state index contributed by atoms with van der Waals surface area (Å²) in [6.07, 6.45) is 2.81. The molecule has 4 nitrogen and oxygen atoms in total. The smallest absolute Gasteiger partial charge is 0.341 e. The third-order valence-electron chi connectivity index (χ3n) is 1.78. The third-order valence-corrected chi connectivity index (χ3v) is 1.78. The van der Waals surface area contributed by atoms with E-state index in [4.69, 9.17) is 5.26 Å². The number of phenols is 1. The topological polar surface area (TPSA) is 70.3 Å². The number of phenolic OH excluding ortho intramolecular Hbond substituents is 1. The number of hydrogen-bond acceptors (Lipinski definition) is 4. The van der Waals surface area contributed by atoms with Crippen LogP contribution in [0.5, 0.6) is 5.75 Å². The van der Waals surface area contributed by atoms with E-state index in [2.05, 4.69) is 4.74 Å². The molecule has 1 rings (SSSR count). The van der Waals surface area contributed by atoms with Crippen molar-refractivity contribution >= 4 is 12.0 Å². The first-order valence-electron chi connectivity index (χ1n) is 4.16. The van der Waals surface area contributed by atoms with E-state index < -0.39 is 5.97 Å². The largest absolute Gasteiger partial charge is 0.507 e. The van der Waals surface area contributed by atoms with Gasteiger partial charge in [-0.2, -0.15) is 5.26 Å². The monoisotopic (exact) mass is 203 g/mol. The molecule has 0 aliphatic heterocycles. The second-order valence-corrected chi connectivity index (χ2v) is 2.73. The Kier molecular flexibility index (Phi) is 3.47. The van der Waals surface area contributed by atoms with Crippen LogP contribution in [0.1, 0.15) is 15.9 Å². The Balaban J connectivity index is 3.04. The molecule has 1 aromatic carbocycles. The van der Waals surface area contributed by atoms with Gasteiger partial charge >= 0.3 is 5.97 Å². The van der Waals surface area contributed by atoms with Crippen LogP contribution in [0.4, 0.5) is 0 Å². The van der Waals surface area contributed by atoms with E-state index in [1.807, 2.05) is 6.07 Å². The summed E-state index contributed by atoms with van der Waals surface area (Å²) in [6.45, 7) is 0. The van der Waals surface area contributed by atoms with Crippen LogP contribution in [0.2, 0.25) is 0 Å². The molecule has 0 saturated carbocycles. The molecule has 4 heteroatoms. The van der Waals surface area contributed by atoms with E-state index in [1.165, 1.54) is 31.4 Å². The summed E-state index contributed by atoms with van der Waals surface area (Å²) in [5, 5.41) is 17.8. The third kappa shape index (κ3) is 2.58. The van der Waals surface area contributed by atoms with Gasteiger partial charge in [0.1, 0.15) is 11.3 Å². The fourth-order valence-electron chi connectivity index (χ4n) is 1.07. The molecule has 0 saturated heterocycles. The van der Waals surface area contributed by atoms with Crippen LogP contribution < -0.4 is 0 Å². The fourth-order valence-corrected chi connectivity index (χ4v) is 1.07. The maximum atomic E-state index is 11.1. The lowest BCUT2D eigenvalue weighted by molar-refractivity contribution is 0.0597. The molecule has 0 heterocycles. The highest BCUT2D eigenvalue weighted by atomic mass is 16.5. The molecule has 0 radical (unpaired) electrons. The standard InChI is InChI=1S/C11H9NO3/c1-15-11(14)9-5-4-8(3-2-6-12)7-10(9)13/h2-5,7,13H,1H3. The summed E-state index contributed by atoms with van der Waals surface area (Å²) in [5.74, 6) is -0.759. The first-order valence-corrected chi connectivity index (χ1v) is 4.16. The van der Waals surface area contributed by atoms with Gasteiger partial charge in [-0.1, -0.05) is 6.07 Å². The molecular weight excluding hydrogens is 194 g/mol. The quantitative estimate of drug-likeness (QED) is 0.586. The zero-order chi connectivity index (χ0) is 11.3. The van der Waals surface area contributed by atoms with Gasteiger partial charge in [-0.25, -0.2) is 4.79 Å². The average molecular weight is 203 g/mol. The highest BCUT2D eigenvalue weighted by molar-refractivity contribution is 5.92. The fraction of sp³-hybridized carbons (Fsp3) is 0.0909. The molecule has 0 atom stereocenters. The van der Waals surface area contributed by atoms with E-state index in [0.717, 1.165) is 0 Å². The molecule has 1 aromatic rings. The summed E-state index contributed by atoms with van der Waals surface area (Å²) < 4.78 is 4.47. The molecule has 0 aromatic heterocycles. The van der Waals surface area contributed by atoms with Crippen molar-refractivity contribution < 1.29 is 14.6 Å². The van der Waals surface area contributed by atoms with Gasteiger partial charge in [-0.3, -0.25) is 0 Å². The Bertz CT molecular complexity index is 444. The summed E-state index contributed by atoms with van der Waals surface area (Å²) in [6, 6.07) is 6.27. The SMILES string of the molecule is COC(=O)c1ccc(C=CC#N)cc1O. The number of nitriles is 1. The second-order valence-electron chi connectivity index (χ2n) is 2.73. The predicted molar refractivity (Wildman–Crippen MR) is 54.1 cm³/mol. The minimum Gasteiger partial charge on any atom is -0.507 e. The van der Waals surface area contributed by atoms with Crippen molar-refractivity contribution in [2.75, 3.05) is 7.11 Å². The first kappa shape index (κ1) is 10.8. The zero-order valence-electron chi connectivity index (χ0n) is 8.10. The van der Waals surface area contributed by atoms with E-state index in [9.17, 15) is 9.90 Å². The summed E-state index contributed by atoms with van der Waals surface area (Å²) in [4.78, 5) is 11.1. The van der Waals surface area contributed by atoms with Crippen LogP contribution in [0.25, 0.3) is 6.08 Å². The molecule has 0 spiro atoms. The van der Waals surface area contributed by atoms with Gasteiger partial charge in [0.15, 0.2) is 0 Å². The Hall–Kier alpha value is -2.28. The average Bonchev–Trinajstić information content (AvgIpc) is 2.25. The summed E-state index contributed by atoms with van der Waals surface area (Å²) in [5.41, 5.74) is 0.744. The van der Waals surface area contributed by atoms with E-state index >= 15 is 0 Å². The van der Waals surface area contributed by atoms with Crippen LogP contribution in [-0.2, 0) is 4.74 Å². The first-order chi connectivity index (χ1) is 7.19. The Morgan fingerprint density at radius 3 is 2.87 bits per heavy atom. The summed E-state index contributed by atoms with van der Waals surface area (Å²) >= 11 is 0. The minimum atomic E-state index is -0.594. The number of carbonyl (C=O) groups excluding carboxylic acids is 1. The molecule has 0 bridgehead atoms. The Morgan fingerprint density at radius 2 is 2.33 bits per heavy atom. The number of allylic oxidation sites excluding steroid dienone is 1. The van der Waals surface area contributed by atoms with Crippen LogP contribution in [0, 0.1) is 11.3 Å². The molecule has 1 N–H and O–H groups in total. The zero-order valence-corrected chi connectivity index (χ0v) is 8.10. The van der Waals surface area contributed by atoms with Gasteiger partial charge in [0.25, 0.3) is 0 Å². The van der Waals surface area contributed by atoms with Crippen molar-refractivity contribution in [3.8, 4) is 11.8 Å². The number of rotatable bonds is 2. The number of methoxy groups -OCH3 is 1. The maximum Gasteiger partial charge on any atom is 0.341 e. The van der Waals surface area contributed by atoms with Crippen molar-refractivity contribution in [1.82, 2.24) is 0 Å². The number of hydrogen-bond donors (Lipinski definition) is 1. The van der Waals surface area contributed by atoms with Crippen LogP contribution in [0.3, 0.4) is 0 Å². The van der Waals surface area contributed by atoms with E-state index in [0.29, 0.717) is 5.56 Å². The lowest BCUT2D eigenvalue weighted by Gasteiger charge is -2.02. The minimum absolute atomic E-state index is 0.103. The van der Waals surface area contributed by atoms with Crippen molar-refractivity contribution in [3.63, 3.8) is 0 Å². The lowest BCUT2D eigenvalue weighted by Crippen LogP contribution is -2.01.